The first-order valence-electron chi connectivity index (χ1n) is 10.8. The van der Waals surface area contributed by atoms with E-state index in [0.29, 0.717) is 23.6 Å². The van der Waals surface area contributed by atoms with Crippen LogP contribution in [-0.2, 0) is 6.54 Å². The van der Waals surface area contributed by atoms with Gasteiger partial charge >= 0.3 is 0 Å². The lowest BCUT2D eigenvalue weighted by atomic mass is 10.1. The number of hydrogen-bond donors (Lipinski definition) is 2. The third-order valence-corrected chi connectivity index (χ3v) is 5.50. The standard InChI is InChI=1S/C25H26FN5O2/c1-30(17-18-7-3-2-4-8-18)25(33)21-15-19(16-28-23(21)31-13-11-27-12-14-31)29-24(32)20-9-5-6-10-22(20)26/h2-10,15-16,27H,11-14,17H2,1H3,(H,29,32). The number of aromatic nitrogens is 1. The summed E-state index contributed by atoms with van der Waals surface area (Å²) in [6, 6.07) is 17.1. The van der Waals surface area contributed by atoms with Crippen molar-refractivity contribution in [3.63, 3.8) is 0 Å². The van der Waals surface area contributed by atoms with E-state index in [-0.39, 0.29) is 11.5 Å². The Morgan fingerprint density at radius 3 is 2.48 bits per heavy atom. The van der Waals surface area contributed by atoms with E-state index < -0.39 is 11.7 Å². The number of piperazine rings is 1. The van der Waals surface area contributed by atoms with Gasteiger partial charge in [-0.1, -0.05) is 42.5 Å². The molecule has 2 aromatic carbocycles. The summed E-state index contributed by atoms with van der Waals surface area (Å²) in [5.41, 5.74) is 1.66. The molecule has 2 amide bonds. The number of nitrogens with zero attached hydrogens (tertiary/aromatic N) is 3. The SMILES string of the molecule is CN(Cc1ccccc1)C(=O)c1cc(NC(=O)c2ccccc2F)cnc1N1CCNCC1. The van der Waals surface area contributed by atoms with Crippen molar-refractivity contribution in [3.05, 3.63) is 89.4 Å². The first kappa shape index (κ1) is 22.4. The molecule has 2 heterocycles. The van der Waals surface area contributed by atoms with Crippen LogP contribution < -0.4 is 15.5 Å². The Bertz CT molecular complexity index is 1130. The van der Waals surface area contributed by atoms with Gasteiger partial charge in [-0.05, 0) is 23.8 Å². The summed E-state index contributed by atoms with van der Waals surface area (Å²) in [5.74, 6) is -0.840. The van der Waals surface area contributed by atoms with Crippen molar-refractivity contribution in [3.8, 4) is 0 Å². The molecule has 0 radical (unpaired) electrons. The topological polar surface area (TPSA) is 77.6 Å². The molecule has 0 saturated carbocycles. The Labute approximate surface area is 192 Å². The largest absolute Gasteiger partial charge is 0.353 e. The number of amides is 2. The lowest BCUT2D eigenvalue weighted by molar-refractivity contribution is 0.0785. The number of anilines is 2. The minimum atomic E-state index is -0.612. The fraction of sp³-hybridized carbons (Fsp3) is 0.240. The van der Waals surface area contributed by atoms with E-state index in [1.807, 2.05) is 30.3 Å². The maximum atomic E-state index is 14.0. The number of pyridine rings is 1. The third kappa shape index (κ3) is 5.35. The Morgan fingerprint density at radius 2 is 1.76 bits per heavy atom. The second kappa shape index (κ2) is 10.2. The molecule has 4 rings (SSSR count). The zero-order valence-corrected chi connectivity index (χ0v) is 18.4. The zero-order chi connectivity index (χ0) is 23.2. The maximum Gasteiger partial charge on any atom is 0.258 e. The minimum absolute atomic E-state index is 0.0715. The van der Waals surface area contributed by atoms with Crippen molar-refractivity contribution in [2.45, 2.75) is 6.54 Å². The number of carbonyl (C=O) groups excluding carboxylic acids is 2. The molecular formula is C25H26FN5O2. The fourth-order valence-electron chi connectivity index (χ4n) is 3.79. The van der Waals surface area contributed by atoms with Crippen molar-refractivity contribution in [1.82, 2.24) is 15.2 Å². The summed E-state index contributed by atoms with van der Waals surface area (Å²) in [5, 5.41) is 5.96. The van der Waals surface area contributed by atoms with Crippen molar-refractivity contribution in [2.75, 3.05) is 43.4 Å². The highest BCUT2D eigenvalue weighted by molar-refractivity contribution is 6.06. The summed E-state index contributed by atoms with van der Waals surface area (Å²) in [6.45, 7) is 3.46. The molecule has 8 heteroatoms. The number of rotatable bonds is 6. The van der Waals surface area contributed by atoms with Gasteiger partial charge in [0.1, 0.15) is 11.6 Å². The zero-order valence-electron chi connectivity index (χ0n) is 18.4. The van der Waals surface area contributed by atoms with Crippen LogP contribution in [0, 0.1) is 5.82 Å². The highest BCUT2D eigenvalue weighted by Crippen LogP contribution is 2.24. The summed E-state index contributed by atoms with van der Waals surface area (Å²) in [6.07, 6.45) is 1.50. The Balaban J connectivity index is 1.62. The van der Waals surface area contributed by atoms with Crippen LogP contribution in [0.1, 0.15) is 26.3 Å². The van der Waals surface area contributed by atoms with E-state index in [4.69, 9.17) is 0 Å². The predicted octanol–water partition coefficient (Wildman–Crippen LogP) is 3.15. The lowest BCUT2D eigenvalue weighted by Gasteiger charge is -2.30. The van der Waals surface area contributed by atoms with E-state index in [1.165, 1.54) is 24.4 Å². The predicted molar refractivity (Wildman–Crippen MR) is 126 cm³/mol. The Morgan fingerprint density at radius 1 is 1.06 bits per heavy atom. The molecule has 1 fully saturated rings. The normalized spacial score (nSPS) is 13.5. The molecule has 1 aliphatic heterocycles. The molecule has 0 atom stereocenters. The first-order chi connectivity index (χ1) is 16.0. The van der Waals surface area contributed by atoms with Crippen LogP contribution >= 0.6 is 0 Å². The summed E-state index contributed by atoms with van der Waals surface area (Å²) in [4.78, 5) is 34.2. The molecule has 170 valence electrons. The number of hydrogen-bond acceptors (Lipinski definition) is 5. The fourth-order valence-corrected chi connectivity index (χ4v) is 3.79. The summed E-state index contributed by atoms with van der Waals surface area (Å²) < 4.78 is 14.0. The molecule has 2 N–H and O–H groups in total. The van der Waals surface area contributed by atoms with Gasteiger partial charge in [0, 0.05) is 39.8 Å². The summed E-state index contributed by atoms with van der Waals surface area (Å²) in [7, 11) is 1.74. The average Bonchev–Trinajstić information content (AvgIpc) is 2.85. The minimum Gasteiger partial charge on any atom is -0.353 e. The molecule has 1 aliphatic rings. The van der Waals surface area contributed by atoms with Crippen molar-refractivity contribution in [2.24, 2.45) is 0 Å². The molecule has 0 aliphatic carbocycles. The van der Waals surface area contributed by atoms with Gasteiger partial charge in [-0.15, -0.1) is 0 Å². The van der Waals surface area contributed by atoms with E-state index in [2.05, 4.69) is 20.5 Å². The van der Waals surface area contributed by atoms with Crippen LogP contribution in [0.15, 0.2) is 66.9 Å². The van der Waals surface area contributed by atoms with Gasteiger partial charge in [-0.2, -0.15) is 0 Å². The molecule has 1 saturated heterocycles. The molecule has 33 heavy (non-hydrogen) atoms. The number of benzene rings is 2. The van der Waals surface area contributed by atoms with Crippen molar-refractivity contribution in [1.29, 1.82) is 0 Å². The number of nitrogens with one attached hydrogen (secondary N) is 2. The van der Waals surface area contributed by atoms with Crippen molar-refractivity contribution < 1.29 is 14.0 Å². The van der Waals surface area contributed by atoms with Crippen LogP contribution in [0.5, 0.6) is 0 Å². The van der Waals surface area contributed by atoms with Gasteiger partial charge in [0.2, 0.25) is 0 Å². The quantitative estimate of drug-likeness (QED) is 0.607. The Hall–Kier alpha value is -3.78. The average molecular weight is 448 g/mol. The number of halogens is 1. The van der Waals surface area contributed by atoms with Crippen LogP contribution in [0.2, 0.25) is 0 Å². The van der Waals surface area contributed by atoms with Gasteiger partial charge in [0.25, 0.3) is 11.8 Å². The van der Waals surface area contributed by atoms with Crippen LogP contribution in [0.4, 0.5) is 15.9 Å². The molecule has 3 aromatic rings. The van der Waals surface area contributed by atoms with Gasteiger partial charge in [-0.25, -0.2) is 9.37 Å². The molecule has 0 spiro atoms. The van der Waals surface area contributed by atoms with Crippen LogP contribution in [0.25, 0.3) is 0 Å². The van der Waals surface area contributed by atoms with E-state index >= 15 is 0 Å². The number of carbonyl (C=O) groups is 2. The molecule has 7 nitrogen and oxygen atoms in total. The second-order valence-corrected chi connectivity index (χ2v) is 7.91. The molecule has 0 unspecified atom stereocenters. The van der Waals surface area contributed by atoms with Crippen molar-refractivity contribution >= 4 is 23.3 Å². The Kier molecular flexibility index (Phi) is 6.95. The van der Waals surface area contributed by atoms with E-state index in [9.17, 15) is 14.0 Å². The first-order valence-corrected chi connectivity index (χ1v) is 10.8. The van der Waals surface area contributed by atoms with Gasteiger partial charge in [-0.3, -0.25) is 9.59 Å². The van der Waals surface area contributed by atoms with E-state index in [0.717, 1.165) is 31.7 Å². The third-order valence-electron chi connectivity index (χ3n) is 5.50. The second-order valence-electron chi connectivity index (χ2n) is 7.91. The summed E-state index contributed by atoms with van der Waals surface area (Å²) >= 11 is 0. The highest BCUT2D eigenvalue weighted by Gasteiger charge is 2.24. The maximum absolute atomic E-state index is 14.0. The van der Waals surface area contributed by atoms with Gasteiger partial charge in [0.15, 0.2) is 0 Å². The molecule has 0 bridgehead atoms. The molecule has 1 aromatic heterocycles. The van der Waals surface area contributed by atoms with Gasteiger partial charge in [0.05, 0.1) is 23.0 Å². The van der Waals surface area contributed by atoms with E-state index in [1.54, 1.807) is 24.1 Å². The lowest BCUT2D eigenvalue weighted by Crippen LogP contribution is -2.44. The van der Waals surface area contributed by atoms with Crippen LogP contribution in [-0.4, -0.2) is 54.9 Å². The smallest absolute Gasteiger partial charge is 0.258 e. The van der Waals surface area contributed by atoms with Crippen LogP contribution in [0.3, 0.4) is 0 Å². The van der Waals surface area contributed by atoms with Gasteiger partial charge < -0.3 is 20.4 Å². The highest BCUT2D eigenvalue weighted by atomic mass is 19.1. The molecular weight excluding hydrogens is 421 g/mol. The monoisotopic (exact) mass is 447 g/mol.